The van der Waals surface area contributed by atoms with Gasteiger partial charge < -0.3 is 16.0 Å². The monoisotopic (exact) mass is 507 g/mol. The molecular formula is C22H30IN5O. The fraction of sp³-hybridized carbons (Fsp3) is 0.364. The standard InChI is InChI=1S/C22H29N5O.HI/c1-17-13-20(16-27(17)15-18-9-5-3-6-10-18)26-22(23-2)24-14-21(28)25-19-11-7-4-8-12-19;/h3-12,17,20H,13-16H2,1-2H3,(H,25,28)(H2,23,24,26);1H. The number of hydrogen-bond donors (Lipinski definition) is 3. The van der Waals surface area contributed by atoms with E-state index in [1.807, 2.05) is 36.4 Å². The molecule has 7 heteroatoms. The molecule has 1 amide bonds. The second-order valence-electron chi connectivity index (χ2n) is 7.18. The Morgan fingerprint density at radius 3 is 2.41 bits per heavy atom. The summed E-state index contributed by atoms with van der Waals surface area (Å²) in [7, 11) is 1.73. The summed E-state index contributed by atoms with van der Waals surface area (Å²) in [6.07, 6.45) is 1.05. The van der Waals surface area contributed by atoms with Crippen LogP contribution in [0.4, 0.5) is 5.69 Å². The van der Waals surface area contributed by atoms with Crippen molar-refractivity contribution in [3.8, 4) is 0 Å². The Morgan fingerprint density at radius 2 is 1.76 bits per heavy atom. The molecule has 1 saturated heterocycles. The number of carbonyl (C=O) groups excluding carboxylic acids is 1. The van der Waals surface area contributed by atoms with Gasteiger partial charge >= 0.3 is 0 Å². The largest absolute Gasteiger partial charge is 0.352 e. The normalized spacial score (nSPS) is 19.3. The van der Waals surface area contributed by atoms with Crippen LogP contribution in [0.25, 0.3) is 0 Å². The number of benzene rings is 2. The summed E-state index contributed by atoms with van der Waals surface area (Å²) in [5.41, 5.74) is 2.12. The van der Waals surface area contributed by atoms with E-state index in [9.17, 15) is 4.79 Å². The summed E-state index contributed by atoms with van der Waals surface area (Å²) < 4.78 is 0. The molecule has 0 aliphatic carbocycles. The second-order valence-corrected chi connectivity index (χ2v) is 7.18. The number of rotatable bonds is 6. The number of nitrogens with one attached hydrogen (secondary N) is 3. The fourth-order valence-corrected chi connectivity index (χ4v) is 3.52. The first kappa shape index (κ1) is 23.2. The average Bonchev–Trinajstić information content (AvgIpc) is 3.05. The number of hydrogen-bond acceptors (Lipinski definition) is 3. The molecule has 1 aliphatic heterocycles. The van der Waals surface area contributed by atoms with E-state index in [1.54, 1.807) is 7.05 Å². The van der Waals surface area contributed by atoms with Crippen LogP contribution in [0.15, 0.2) is 65.7 Å². The van der Waals surface area contributed by atoms with E-state index in [0.29, 0.717) is 18.0 Å². The van der Waals surface area contributed by atoms with Crippen LogP contribution < -0.4 is 16.0 Å². The highest BCUT2D eigenvalue weighted by molar-refractivity contribution is 14.0. The van der Waals surface area contributed by atoms with Crippen molar-refractivity contribution in [3.05, 3.63) is 66.2 Å². The Hall–Kier alpha value is -2.13. The van der Waals surface area contributed by atoms with E-state index < -0.39 is 0 Å². The smallest absolute Gasteiger partial charge is 0.243 e. The lowest BCUT2D eigenvalue weighted by molar-refractivity contribution is -0.115. The lowest BCUT2D eigenvalue weighted by atomic mass is 10.2. The molecule has 0 saturated carbocycles. The zero-order chi connectivity index (χ0) is 19.8. The van der Waals surface area contributed by atoms with Gasteiger partial charge in [0.05, 0.1) is 6.54 Å². The van der Waals surface area contributed by atoms with E-state index in [0.717, 1.165) is 25.2 Å². The van der Waals surface area contributed by atoms with Crippen LogP contribution in [0.2, 0.25) is 0 Å². The van der Waals surface area contributed by atoms with Gasteiger partial charge in [0.1, 0.15) is 0 Å². The SMILES string of the molecule is CN=C(NCC(=O)Nc1ccccc1)NC1CC(C)N(Cc2ccccc2)C1.I. The van der Waals surface area contributed by atoms with Crippen molar-refractivity contribution < 1.29 is 4.79 Å². The fourth-order valence-electron chi connectivity index (χ4n) is 3.52. The van der Waals surface area contributed by atoms with Gasteiger partial charge in [-0.2, -0.15) is 0 Å². The van der Waals surface area contributed by atoms with Gasteiger partial charge in [-0.25, -0.2) is 0 Å². The highest BCUT2D eigenvalue weighted by Crippen LogP contribution is 2.20. The lowest BCUT2D eigenvalue weighted by Crippen LogP contribution is -2.46. The molecule has 3 rings (SSSR count). The highest BCUT2D eigenvalue weighted by atomic mass is 127. The van der Waals surface area contributed by atoms with Gasteiger partial charge in [0.15, 0.2) is 5.96 Å². The Labute approximate surface area is 190 Å². The Bertz CT molecular complexity index is 784. The summed E-state index contributed by atoms with van der Waals surface area (Å²) in [5, 5.41) is 9.42. The number of amides is 1. The van der Waals surface area contributed by atoms with Crippen molar-refractivity contribution in [3.63, 3.8) is 0 Å². The predicted molar refractivity (Wildman–Crippen MR) is 130 cm³/mol. The number of carbonyl (C=O) groups is 1. The van der Waals surface area contributed by atoms with E-state index in [1.165, 1.54) is 5.56 Å². The zero-order valence-corrected chi connectivity index (χ0v) is 19.3. The molecule has 1 fully saturated rings. The Kier molecular flexibility index (Phi) is 9.40. The van der Waals surface area contributed by atoms with Gasteiger partial charge in [-0.3, -0.25) is 14.7 Å². The molecule has 1 aliphatic rings. The zero-order valence-electron chi connectivity index (χ0n) is 17.0. The summed E-state index contributed by atoms with van der Waals surface area (Å²) in [4.78, 5) is 18.8. The molecule has 156 valence electrons. The van der Waals surface area contributed by atoms with Crippen molar-refractivity contribution in [1.82, 2.24) is 15.5 Å². The molecule has 0 bridgehead atoms. The van der Waals surface area contributed by atoms with Crippen molar-refractivity contribution in [1.29, 1.82) is 0 Å². The topological polar surface area (TPSA) is 68.8 Å². The first-order valence-corrected chi connectivity index (χ1v) is 9.74. The van der Waals surface area contributed by atoms with Crippen LogP contribution in [0.5, 0.6) is 0 Å². The molecule has 29 heavy (non-hydrogen) atoms. The Balaban J connectivity index is 0.00000300. The average molecular weight is 507 g/mol. The molecule has 2 atom stereocenters. The summed E-state index contributed by atoms with van der Waals surface area (Å²) >= 11 is 0. The number of halogens is 1. The molecular weight excluding hydrogens is 477 g/mol. The number of guanidine groups is 1. The quantitative estimate of drug-likeness (QED) is 0.320. The second kappa shape index (κ2) is 11.8. The van der Waals surface area contributed by atoms with Gasteiger partial charge in [-0.05, 0) is 31.0 Å². The summed E-state index contributed by atoms with van der Waals surface area (Å²) in [6, 6.07) is 20.8. The molecule has 3 N–H and O–H groups in total. The first-order valence-electron chi connectivity index (χ1n) is 9.74. The Morgan fingerprint density at radius 1 is 1.10 bits per heavy atom. The molecule has 2 aromatic carbocycles. The number of aliphatic imine (C=N–C) groups is 1. The van der Waals surface area contributed by atoms with Crippen LogP contribution in [0, 0.1) is 0 Å². The number of para-hydroxylation sites is 1. The molecule has 0 radical (unpaired) electrons. The van der Waals surface area contributed by atoms with Gasteiger partial charge in [-0.1, -0.05) is 48.5 Å². The molecule has 6 nitrogen and oxygen atoms in total. The van der Waals surface area contributed by atoms with E-state index in [2.05, 4.69) is 57.0 Å². The van der Waals surface area contributed by atoms with Gasteiger partial charge in [0, 0.05) is 37.9 Å². The third-order valence-electron chi connectivity index (χ3n) is 4.97. The predicted octanol–water partition coefficient (Wildman–Crippen LogP) is 3.07. The van der Waals surface area contributed by atoms with Crippen molar-refractivity contribution in [2.45, 2.75) is 32.0 Å². The van der Waals surface area contributed by atoms with E-state index >= 15 is 0 Å². The number of likely N-dealkylation sites (tertiary alicyclic amines) is 1. The van der Waals surface area contributed by atoms with Gasteiger partial charge in [0.2, 0.25) is 5.91 Å². The minimum atomic E-state index is -0.0976. The molecule has 2 unspecified atom stereocenters. The van der Waals surface area contributed by atoms with Crippen molar-refractivity contribution in [2.75, 3.05) is 25.5 Å². The lowest BCUT2D eigenvalue weighted by Gasteiger charge is -2.21. The minimum absolute atomic E-state index is 0. The maximum Gasteiger partial charge on any atom is 0.243 e. The van der Waals surface area contributed by atoms with E-state index in [-0.39, 0.29) is 36.4 Å². The van der Waals surface area contributed by atoms with Crippen LogP contribution in [0.1, 0.15) is 18.9 Å². The molecule has 0 spiro atoms. The summed E-state index contributed by atoms with van der Waals surface area (Å²) in [5.74, 6) is 0.557. The molecule has 1 heterocycles. The van der Waals surface area contributed by atoms with Crippen LogP contribution in [-0.2, 0) is 11.3 Å². The molecule has 2 aromatic rings. The van der Waals surface area contributed by atoms with Gasteiger partial charge in [-0.15, -0.1) is 24.0 Å². The van der Waals surface area contributed by atoms with Crippen molar-refractivity contribution >= 4 is 41.5 Å². The van der Waals surface area contributed by atoms with Crippen LogP contribution in [0.3, 0.4) is 0 Å². The van der Waals surface area contributed by atoms with E-state index in [4.69, 9.17) is 0 Å². The third kappa shape index (κ3) is 7.32. The first-order chi connectivity index (χ1) is 13.6. The van der Waals surface area contributed by atoms with Crippen LogP contribution in [-0.4, -0.2) is 49.0 Å². The van der Waals surface area contributed by atoms with Crippen LogP contribution >= 0.6 is 24.0 Å². The summed E-state index contributed by atoms with van der Waals surface area (Å²) in [6.45, 7) is 4.33. The number of anilines is 1. The number of nitrogens with zero attached hydrogens (tertiary/aromatic N) is 2. The van der Waals surface area contributed by atoms with Crippen molar-refractivity contribution in [2.24, 2.45) is 4.99 Å². The third-order valence-corrected chi connectivity index (χ3v) is 4.97. The minimum Gasteiger partial charge on any atom is -0.352 e. The maximum absolute atomic E-state index is 12.1. The highest BCUT2D eigenvalue weighted by Gasteiger charge is 2.29. The molecule has 0 aromatic heterocycles. The van der Waals surface area contributed by atoms with Gasteiger partial charge in [0.25, 0.3) is 0 Å². The maximum atomic E-state index is 12.1.